The fraction of sp³-hybridized carbons (Fsp3) is 0.538. The average Bonchev–Trinajstić information content (AvgIpc) is 2.69. The van der Waals surface area contributed by atoms with Crippen molar-refractivity contribution < 1.29 is 17.9 Å². The van der Waals surface area contributed by atoms with Crippen LogP contribution in [-0.2, 0) is 10.0 Å². The minimum absolute atomic E-state index is 0.0232. The molecule has 1 aliphatic rings. The Morgan fingerprint density at radius 2 is 2.14 bits per heavy atom. The number of likely N-dealkylation sites (N-methyl/N-ethyl adjacent to an activating group) is 1. The molecule has 21 heavy (non-hydrogen) atoms. The van der Waals surface area contributed by atoms with Crippen LogP contribution in [0.5, 0.6) is 0 Å². The van der Waals surface area contributed by atoms with Gasteiger partial charge in [-0.2, -0.15) is 4.31 Å². The largest absolute Gasteiger partial charge is 0.399 e. The summed E-state index contributed by atoms with van der Waals surface area (Å²) in [5.41, 5.74) is 5.61. The number of rotatable bonds is 4. The lowest BCUT2D eigenvalue weighted by molar-refractivity contribution is 0.188. The number of aliphatic hydroxyl groups is 1. The smallest absolute Gasteiger partial charge is 0.246 e. The van der Waals surface area contributed by atoms with E-state index in [2.05, 4.69) is 0 Å². The van der Waals surface area contributed by atoms with Gasteiger partial charge in [-0.05, 0) is 38.7 Å². The first-order valence-electron chi connectivity index (χ1n) is 6.61. The molecule has 0 aromatic heterocycles. The highest BCUT2D eigenvalue weighted by Crippen LogP contribution is 2.28. The van der Waals surface area contributed by atoms with Gasteiger partial charge < -0.3 is 15.7 Å². The molecule has 2 atom stereocenters. The van der Waals surface area contributed by atoms with Crippen LogP contribution in [0, 0.1) is 5.82 Å². The number of β-amino-alcohol motifs (C(OH)–C–C–N with tert-alkyl or cyclic N) is 1. The van der Waals surface area contributed by atoms with E-state index in [-0.39, 0.29) is 18.3 Å². The molecule has 1 aliphatic heterocycles. The van der Waals surface area contributed by atoms with E-state index in [1.807, 2.05) is 19.0 Å². The van der Waals surface area contributed by atoms with Crippen LogP contribution < -0.4 is 5.73 Å². The number of sulfonamides is 1. The minimum Gasteiger partial charge on any atom is -0.399 e. The quantitative estimate of drug-likeness (QED) is 0.769. The maximum absolute atomic E-state index is 13.9. The lowest BCUT2D eigenvalue weighted by atomic mass is 10.2. The second-order valence-corrected chi connectivity index (χ2v) is 7.43. The molecule has 1 heterocycles. The van der Waals surface area contributed by atoms with Crippen LogP contribution in [0.2, 0.25) is 0 Å². The van der Waals surface area contributed by atoms with Crippen LogP contribution in [0.4, 0.5) is 10.1 Å². The summed E-state index contributed by atoms with van der Waals surface area (Å²) in [6.45, 7) is 0.442. The van der Waals surface area contributed by atoms with Gasteiger partial charge in [-0.15, -0.1) is 0 Å². The van der Waals surface area contributed by atoms with Crippen molar-refractivity contribution in [3.8, 4) is 0 Å². The number of hydrogen-bond donors (Lipinski definition) is 2. The van der Waals surface area contributed by atoms with E-state index in [1.54, 1.807) is 0 Å². The molecule has 0 aliphatic carbocycles. The van der Waals surface area contributed by atoms with Gasteiger partial charge in [0.1, 0.15) is 10.7 Å². The Bertz CT molecular complexity index is 621. The maximum atomic E-state index is 13.9. The van der Waals surface area contributed by atoms with E-state index in [0.29, 0.717) is 13.0 Å². The Hall–Kier alpha value is -1.22. The third-order valence-electron chi connectivity index (χ3n) is 3.46. The molecular formula is C13H20FN3O3S. The lowest BCUT2D eigenvalue weighted by Crippen LogP contribution is -2.41. The average molecular weight is 317 g/mol. The Morgan fingerprint density at radius 3 is 2.71 bits per heavy atom. The first-order chi connectivity index (χ1) is 9.71. The molecule has 118 valence electrons. The van der Waals surface area contributed by atoms with Gasteiger partial charge in [-0.1, -0.05) is 0 Å². The van der Waals surface area contributed by atoms with Crippen molar-refractivity contribution >= 4 is 15.7 Å². The van der Waals surface area contributed by atoms with Crippen LogP contribution in [0.1, 0.15) is 6.42 Å². The number of benzene rings is 1. The number of anilines is 1. The molecule has 8 heteroatoms. The van der Waals surface area contributed by atoms with Gasteiger partial charge in [-0.3, -0.25) is 0 Å². The predicted molar refractivity (Wildman–Crippen MR) is 77.7 cm³/mol. The number of aliphatic hydroxyl groups excluding tert-OH is 1. The fourth-order valence-electron chi connectivity index (χ4n) is 2.60. The van der Waals surface area contributed by atoms with Crippen LogP contribution >= 0.6 is 0 Å². The molecule has 0 bridgehead atoms. The normalized spacial score (nSPS) is 23.9. The summed E-state index contributed by atoms with van der Waals surface area (Å²) >= 11 is 0. The van der Waals surface area contributed by atoms with Crippen molar-refractivity contribution in [2.45, 2.75) is 23.5 Å². The van der Waals surface area contributed by atoms with E-state index in [0.717, 1.165) is 12.1 Å². The van der Waals surface area contributed by atoms with Crippen LogP contribution in [-0.4, -0.2) is 62.1 Å². The topological polar surface area (TPSA) is 86.9 Å². The Balaban J connectivity index is 2.37. The van der Waals surface area contributed by atoms with E-state index < -0.39 is 26.8 Å². The monoisotopic (exact) mass is 317 g/mol. The number of nitrogens with zero attached hydrogens (tertiary/aromatic N) is 2. The molecule has 2 rings (SSSR count). The lowest BCUT2D eigenvalue weighted by Gasteiger charge is -2.26. The van der Waals surface area contributed by atoms with E-state index >= 15 is 0 Å². The molecule has 0 spiro atoms. The SMILES string of the molecule is CN(C)CC1CC(O)CN1S(=O)(=O)c1ccc(N)cc1F. The van der Waals surface area contributed by atoms with E-state index in [4.69, 9.17) is 5.73 Å². The van der Waals surface area contributed by atoms with Crippen molar-refractivity contribution in [3.05, 3.63) is 24.0 Å². The van der Waals surface area contributed by atoms with Gasteiger partial charge in [0.25, 0.3) is 0 Å². The molecule has 2 unspecified atom stereocenters. The van der Waals surface area contributed by atoms with E-state index in [9.17, 15) is 17.9 Å². The fourth-order valence-corrected chi connectivity index (χ4v) is 4.31. The Kier molecular flexibility index (Phi) is 4.52. The highest BCUT2D eigenvalue weighted by atomic mass is 32.2. The summed E-state index contributed by atoms with van der Waals surface area (Å²) in [6, 6.07) is 3.12. The molecule has 1 aromatic rings. The minimum atomic E-state index is -4.00. The van der Waals surface area contributed by atoms with Crippen molar-refractivity contribution in [3.63, 3.8) is 0 Å². The zero-order valence-corrected chi connectivity index (χ0v) is 12.8. The zero-order valence-electron chi connectivity index (χ0n) is 12.0. The molecule has 3 N–H and O–H groups in total. The summed E-state index contributed by atoms with van der Waals surface area (Å²) in [5.74, 6) is -0.875. The molecule has 1 aromatic carbocycles. The standard InChI is InChI=1S/C13H20FN3O3S/c1-16(2)7-10-6-11(18)8-17(10)21(19,20)13-4-3-9(15)5-12(13)14/h3-5,10-11,18H,6-8,15H2,1-2H3. The summed E-state index contributed by atoms with van der Waals surface area (Å²) < 4.78 is 40.3. The third kappa shape index (κ3) is 3.34. The number of halogens is 1. The van der Waals surface area contributed by atoms with Gasteiger partial charge in [0.05, 0.1) is 6.10 Å². The van der Waals surface area contributed by atoms with Crippen molar-refractivity contribution in [1.82, 2.24) is 9.21 Å². The summed E-state index contributed by atoms with van der Waals surface area (Å²) in [7, 11) is -0.360. The first-order valence-corrected chi connectivity index (χ1v) is 8.05. The van der Waals surface area contributed by atoms with Crippen LogP contribution in [0.3, 0.4) is 0 Å². The Morgan fingerprint density at radius 1 is 1.48 bits per heavy atom. The predicted octanol–water partition coefficient (Wildman–Crippen LogP) is 0.0934. The summed E-state index contributed by atoms with van der Waals surface area (Å²) in [6.07, 6.45) is -0.393. The Labute approximate surface area is 124 Å². The second kappa shape index (κ2) is 5.88. The molecule has 0 radical (unpaired) electrons. The molecule has 0 saturated carbocycles. The molecule has 0 amide bonds. The number of nitrogens with two attached hydrogens (primary N) is 1. The molecule has 1 saturated heterocycles. The van der Waals surface area contributed by atoms with Gasteiger partial charge in [0, 0.05) is 24.8 Å². The van der Waals surface area contributed by atoms with Gasteiger partial charge in [-0.25, -0.2) is 12.8 Å². The summed E-state index contributed by atoms with van der Waals surface area (Å²) in [4.78, 5) is 1.43. The molecular weight excluding hydrogens is 297 g/mol. The number of nitrogen functional groups attached to an aromatic ring is 1. The van der Waals surface area contributed by atoms with Crippen molar-refractivity contribution in [2.75, 3.05) is 32.9 Å². The highest BCUT2D eigenvalue weighted by Gasteiger charge is 2.40. The zero-order chi connectivity index (χ0) is 15.8. The van der Waals surface area contributed by atoms with Crippen molar-refractivity contribution in [1.29, 1.82) is 0 Å². The maximum Gasteiger partial charge on any atom is 0.246 e. The highest BCUT2D eigenvalue weighted by molar-refractivity contribution is 7.89. The van der Waals surface area contributed by atoms with Crippen LogP contribution in [0.15, 0.2) is 23.1 Å². The molecule has 1 fully saturated rings. The third-order valence-corrected chi connectivity index (χ3v) is 5.41. The molecule has 6 nitrogen and oxygen atoms in total. The van der Waals surface area contributed by atoms with Gasteiger partial charge in [0.2, 0.25) is 10.0 Å². The van der Waals surface area contributed by atoms with E-state index in [1.165, 1.54) is 10.4 Å². The van der Waals surface area contributed by atoms with Gasteiger partial charge >= 0.3 is 0 Å². The number of hydrogen-bond acceptors (Lipinski definition) is 5. The first kappa shape index (κ1) is 16.2. The van der Waals surface area contributed by atoms with Crippen LogP contribution in [0.25, 0.3) is 0 Å². The summed E-state index contributed by atoms with van der Waals surface area (Å²) in [5, 5.41) is 9.77. The van der Waals surface area contributed by atoms with Crippen molar-refractivity contribution in [2.24, 2.45) is 0 Å². The second-order valence-electron chi connectivity index (χ2n) is 5.57. The van der Waals surface area contributed by atoms with Gasteiger partial charge in [0.15, 0.2) is 0 Å².